The van der Waals surface area contributed by atoms with Crippen LogP contribution in [0.15, 0.2) is 41.3 Å². The Bertz CT molecular complexity index is 1150. The van der Waals surface area contributed by atoms with Gasteiger partial charge in [-0.25, -0.2) is 15.0 Å². The summed E-state index contributed by atoms with van der Waals surface area (Å²) in [4.78, 5) is 30.5. The first kappa shape index (κ1) is 20.6. The van der Waals surface area contributed by atoms with Gasteiger partial charge in [-0.2, -0.15) is 0 Å². The quantitative estimate of drug-likeness (QED) is 0.632. The zero-order valence-corrected chi connectivity index (χ0v) is 18.0. The summed E-state index contributed by atoms with van der Waals surface area (Å²) in [5, 5.41) is 3.10. The fourth-order valence-electron chi connectivity index (χ4n) is 4.13. The lowest BCUT2D eigenvalue weighted by Crippen LogP contribution is -2.46. The molecular formula is C23H26N6O3. The second kappa shape index (κ2) is 9.05. The first-order valence-corrected chi connectivity index (χ1v) is 11.0. The van der Waals surface area contributed by atoms with Crippen molar-refractivity contribution in [3.8, 4) is 11.4 Å². The lowest BCUT2D eigenvalue weighted by molar-refractivity contribution is 0.0901. The van der Waals surface area contributed by atoms with Crippen molar-refractivity contribution in [3.63, 3.8) is 0 Å². The fourth-order valence-corrected chi connectivity index (χ4v) is 4.13. The molecule has 0 saturated carbocycles. The zero-order chi connectivity index (χ0) is 21.9. The van der Waals surface area contributed by atoms with Crippen molar-refractivity contribution >= 4 is 17.5 Å². The number of benzene rings is 1. The molecule has 2 aromatic heterocycles. The molecule has 1 aromatic carbocycles. The number of rotatable bonds is 5. The molecular weight excluding hydrogens is 408 g/mol. The number of anilines is 3. The van der Waals surface area contributed by atoms with Crippen LogP contribution in [0.1, 0.15) is 24.6 Å². The summed E-state index contributed by atoms with van der Waals surface area (Å²) < 4.78 is 11.4. The van der Waals surface area contributed by atoms with Gasteiger partial charge in [0.1, 0.15) is 5.82 Å². The molecule has 0 radical (unpaired) electrons. The van der Waals surface area contributed by atoms with E-state index in [2.05, 4.69) is 27.1 Å². The molecule has 32 heavy (non-hydrogen) atoms. The molecule has 0 spiro atoms. The van der Waals surface area contributed by atoms with Crippen LogP contribution in [0.4, 0.5) is 17.5 Å². The predicted octanol–water partition coefficient (Wildman–Crippen LogP) is 2.66. The second-order valence-electron chi connectivity index (χ2n) is 7.91. The van der Waals surface area contributed by atoms with Crippen molar-refractivity contribution in [3.05, 3.63) is 58.1 Å². The Hall–Kier alpha value is -3.30. The number of fused-ring (bicyclic) bond motifs is 1. The molecule has 1 atom stereocenters. The number of H-pyrrole nitrogens is 1. The molecule has 0 aliphatic carbocycles. The first-order chi connectivity index (χ1) is 15.7. The second-order valence-corrected chi connectivity index (χ2v) is 7.91. The van der Waals surface area contributed by atoms with Crippen molar-refractivity contribution in [1.82, 2.24) is 19.9 Å². The molecule has 2 aliphatic heterocycles. The Balaban J connectivity index is 1.47. The molecule has 1 unspecified atom stereocenters. The standard InChI is InChI=1S/C23H26N6O3/c1-2-17-13-32-12-10-29(17)22-18-14-31-11-8-19(18)26-21(28-22)15-3-5-16(6-4-15)25-23-24-9-7-20(30)27-23/h3-7,9,17H,2,8,10-14H2,1H3,(H2,24,25,27,30). The molecule has 5 rings (SSSR count). The van der Waals surface area contributed by atoms with E-state index in [0.29, 0.717) is 44.2 Å². The van der Waals surface area contributed by atoms with E-state index in [9.17, 15) is 4.79 Å². The van der Waals surface area contributed by atoms with E-state index < -0.39 is 0 Å². The summed E-state index contributed by atoms with van der Waals surface area (Å²) in [5.41, 5.74) is 3.70. The van der Waals surface area contributed by atoms with Crippen LogP contribution in [0.5, 0.6) is 0 Å². The molecule has 9 nitrogen and oxygen atoms in total. The van der Waals surface area contributed by atoms with E-state index in [1.165, 1.54) is 12.3 Å². The van der Waals surface area contributed by atoms with Gasteiger partial charge in [0, 0.05) is 42.0 Å². The lowest BCUT2D eigenvalue weighted by Gasteiger charge is -2.38. The van der Waals surface area contributed by atoms with E-state index in [-0.39, 0.29) is 5.56 Å². The number of hydrogen-bond donors (Lipinski definition) is 2. The molecule has 0 amide bonds. The number of ether oxygens (including phenoxy) is 2. The summed E-state index contributed by atoms with van der Waals surface area (Å²) >= 11 is 0. The molecule has 2 N–H and O–H groups in total. The van der Waals surface area contributed by atoms with Crippen LogP contribution in [-0.4, -0.2) is 52.3 Å². The van der Waals surface area contributed by atoms with Gasteiger partial charge in [-0.3, -0.25) is 9.78 Å². The maximum Gasteiger partial charge on any atom is 0.252 e. The highest BCUT2D eigenvalue weighted by atomic mass is 16.5. The Labute approximate surface area is 185 Å². The van der Waals surface area contributed by atoms with Gasteiger partial charge >= 0.3 is 0 Å². The van der Waals surface area contributed by atoms with Gasteiger partial charge in [-0.15, -0.1) is 0 Å². The lowest BCUT2D eigenvalue weighted by atomic mass is 10.1. The summed E-state index contributed by atoms with van der Waals surface area (Å²) in [7, 11) is 0. The van der Waals surface area contributed by atoms with Gasteiger partial charge in [-0.05, 0) is 30.7 Å². The highest BCUT2D eigenvalue weighted by Gasteiger charge is 2.28. The Morgan fingerprint density at radius 1 is 1.16 bits per heavy atom. The van der Waals surface area contributed by atoms with E-state index in [4.69, 9.17) is 19.4 Å². The summed E-state index contributed by atoms with van der Waals surface area (Å²) in [6.07, 6.45) is 3.24. The zero-order valence-electron chi connectivity index (χ0n) is 18.0. The molecule has 3 aromatic rings. The molecule has 9 heteroatoms. The number of aromatic amines is 1. The SMILES string of the molecule is CCC1COCCN1c1nc(-c2ccc(Nc3nccc(=O)[nH]3)cc2)nc2c1COCC2. The van der Waals surface area contributed by atoms with Crippen LogP contribution in [-0.2, 0) is 22.5 Å². The monoisotopic (exact) mass is 434 g/mol. The largest absolute Gasteiger partial charge is 0.377 e. The van der Waals surface area contributed by atoms with Crippen LogP contribution in [0.25, 0.3) is 11.4 Å². The van der Waals surface area contributed by atoms with E-state index in [1.807, 2.05) is 24.3 Å². The van der Waals surface area contributed by atoms with Crippen LogP contribution in [0, 0.1) is 0 Å². The summed E-state index contributed by atoms with van der Waals surface area (Å²) in [6, 6.07) is 9.48. The third-order valence-corrected chi connectivity index (χ3v) is 5.85. The third kappa shape index (κ3) is 4.21. The third-order valence-electron chi connectivity index (χ3n) is 5.85. The van der Waals surface area contributed by atoms with Gasteiger partial charge in [-0.1, -0.05) is 6.92 Å². The van der Waals surface area contributed by atoms with E-state index in [1.54, 1.807) is 0 Å². The van der Waals surface area contributed by atoms with E-state index >= 15 is 0 Å². The van der Waals surface area contributed by atoms with Crippen molar-refractivity contribution in [1.29, 1.82) is 0 Å². The highest BCUT2D eigenvalue weighted by Crippen LogP contribution is 2.31. The Morgan fingerprint density at radius 2 is 2.03 bits per heavy atom. The Kier molecular flexibility index (Phi) is 5.83. The fraction of sp³-hybridized carbons (Fsp3) is 0.391. The molecule has 166 valence electrons. The van der Waals surface area contributed by atoms with Gasteiger partial charge < -0.3 is 19.7 Å². The maximum absolute atomic E-state index is 11.5. The molecule has 0 bridgehead atoms. The van der Waals surface area contributed by atoms with Crippen LogP contribution in [0.2, 0.25) is 0 Å². The van der Waals surface area contributed by atoms with Gasteiger partial charge in [0.2, 0.25) is 5.95 Å². The van der Waals surface area contributed by atoms with Crippen molar-refractivity contribution in [2.45, 2.75) is 32.4 Å². The van der Waals surface area contributed by atoms with Gasteiger partial charge in [0.15, 0.2) is 5.82 Å². The number of nitrogens with zero attached hydrogens (tertiary/aromatic N) is 4. The van der Waals surface area contributed by atoms with Crippen molar-refractivity contribution < 1.29 is 9.47 Å². The average molecular weight is 435 g/mol. The van der Waals surface area contributed by atoms with Crippen LogP contribution in [0.3, 0.4) is 0 Å². The average Bonchev–Trinajstić information content (AvgIpc) is 2.84. The van der Waals surface area contributed by atoms with Gasteiger partial charge in [0.25, 0.3) is 5.56 Å². The number of aromatic nitrogens is 4. The van der Waals surface area contributed by atoms with Crippen molar-refractivity contribution in [2.75, 3.05) is 36.6 Å². The van der Waals surface area contributed by atoms with Gasteiger partial charge in [0.05, 0.1) is 38.2 Å². The van der Waals surface area contributed by atoms with E-state index in [0.717, 1.165) is 47.7 Å². The molecule has 1 saturated heterocycles. The van der Waals surface area contributed by atoms with Crippen LogP contribution < -0.4 is 15.8 Å². The number of nitrogens with one attached hydrogen (secondary N) is 2. The van der Waals surface area contributed by atoms with Crippen LogP contribution >= 0.6 is 0 Å². The topological polar surface area (TPSA) is 105 Å². The Morgan fingerprint density at radius 3 is 2.84 bits per heavy atom. The summed E-state index contributed by atoms with van der Waals surface area (Å²) in [6.45, 7) is 5.62. The normalized spacial score (nSPS) is 18.3. The molecule has 4 heterocycles. The molecule has 2 aliphatic rings. The maximum atomic E-state index is 11.5. The number of hydrogen-bond acceptors (Lipinski definition) is 8. The first-order valence-electron chi connectivity index (χ1n) is 11.0. The summed E-state index contributed by atoms with van der Waals surface area (Å²) in [5.74, 6) is 2.07. The highest BCUT2D eigenvalue weighted by molar-refractivity contribution is 5.65. The smallest absolute Gasteiger partial charge is 0.252 e. The molecule has 1 fully saturated rings. The number of morpholine rings is 1. The van der Waals surface area contributed by atoms with Crippen molar-refractivity contribution in [2.24, 2.45) is 0 Å². The predicted molar refractivity (Wildman–Crippen MR) is 121 cm³/mol. The minimum Gasteiger partial charge on any atom is -0.377 e. The minimum absolute atomic E-state index is 0.202. The minimum atomic E-state index is -0.202.